The fraction of sp³-hybridized carbons (Fsp3) is 0.269. The molecule has 0 saturated carbocycles. The summed E-state index contributed by atoms with van der Waals surface area (Å²) in [7, 11) is 0. The summed E-state index contributed by atoms with van der Waals surface area (Å²) < 4.78 is 3.38. The molecular weight excluding hydrogens is 400 g/mol. The molecule has 4 rings (SSSR count). The van der Waals surface area contributed by atoms with E-state index < -0.39 is 6.04 Å². The number of aromatic nitrogens is 3. The molecule has 2 aromatic heterocycles. The van der Waals surface area contributed by atoms with Gasteiger partial charge in [-0.05, 0) is 56.5 Å². The zero-order chi connectivity index (χ0) is 22.8. The maximum Gasteiger partial charge on any atom is 0.281 e. The summed E-state index contributed by atoms with van der Waals surface area (Å²) in [6, 6.07) is 16.8. The molecule has 0 radical (unpaired) electrons. The minimum atomic E-state index is -0.433. The molecule has 32 heavy (non-hydrogen) atoms. The number of carbonyl (C=O) groups is 1. The predicted molar refractivity (Wildman–Crippen MR) is 129 cm³/mol. The number of benzene rings is 2. The number of para-hydroxylation sites is 1. The first-order chi connectivity index (χ1) is 15.5. The average molecular weight is 429 g/mol. The molecule has 164 valence electrons. The van der Waals surface area contributed by atoms with Crippen LogP contribution in [0.4, 0.5) is 5.69 Å². The van der Waals surface area contributed by atoms with E-state index in [4.69, 9.17) is 0 Å². The van der Waals surface area contributed by atoms with Gasteiger partial charge in [0.15, 0.2) is 0 Å². The topological polar surface area (TPSA) is 68.9 Å². The van der Waals surface area contributed by atoms with Crippen LogP contribution in [0.2, 0.25) is 0 Å². The van der Waals surface area contributed by atoms with Gasteiger partial charge in [0.25, 0.3) is 5.56 Å². The third-order valence-electron chi connectivity index (χ3n) is 6.08. The number of amides is 1. The monoisotopic (exact) mass is 428 g/mol. The highest BCUT2D eigenvalue weighted by atomic mass is 16.2. The van der Waals surface area contributed by atoms with E-state index in [1.54, 1.807) is 6.20 Å². The van der Waals surface area contributed by atoms with E-state index in [9.17, 15) is 9.59 Å². The van der Waals surface area contributed by atoms with Crippen LogP contribution < -0.4 is 10.9 Å². The van der Waals surface area contributed by atoms with Gasteiger partial charge in [0.05, 0.1) is 17.3 Å². The standard InChI is InChI=1S/C26H28N4O2/c1-5-19-12-14-20(15-13-19)28-25(31)23(6-2)29-17(3)22-16-27-30(21-10-8-7-9-11-21)26(32)24(22)18(29)4/h7-16,23H,5-6H2,1-4H3,(H,28,31)/t23-/m0/s1. The van der Waals surface area contributed by atoms with Crippen molar-refractivity contribution in [2.75, 3.05) is 5.32 Å². The Hall–Kier alpha value is -3.67. The number of aryl methyl sites for hydroxylation is 3. The Labute approximate surface area is 187 Å². The van der Waals surface area contributed by atoms with Gasteiger partial charge in [0.2, 0.25) is 5.91 Å². The highest BCUT2D eigenvalue weighted by Gasteiger charge is 2.25. The third kappa shape index (κ3) is 3.73. The summed E-state index contributed by atoms with van der Waals surface area (Å²) in [6.45, 7) is 7.92. The van der Waals surface area contributed by atoms with Gasteiger partial charge in [-0.25, -0.2) is 0 Å². The van der Waals surface area contributed by atoms with Crippen molar-refractivity contribution in [3.05, 3.63) is 88.1 Å². The lowest BCUT2D eigenvalue weighted by atomic mass is 10.1. The van der Waals surface area contributed by atoms with Crippen LogP contribution >= 0.6 is 0 Å². The first-order valence-electron chi connectivity index (χ1n) is 11.0. The van der Waals surface area contributed by atoms with Gasteiger partial charge in [0.1, 0.15) is 6.04 Å². The van der Waals surface area contributed by atoms with E-state index in [1.807, 2.05) is 79.9 Å². The number of rotatable bonds is 6. The van der Waals surface area contributed by atoms with E-state index in [1.165, 1.54) is 10.2 Å². The van der Waals surface area contributed by atoms with Crippen molar-refractivity contribution in [3.63, 3.8) is 0 Å². The molecular formula is C26H28N4O2. The predicted octanol–water partition coefficient (Wildman–Crippen LogP) is 4.96. The molecule has 4 aromatic rings. The Morgan fingerprint density at radius 2 is 1.69 bits per heavy atom. The molecule has 1 atom stereocenters. The summed E-state index contributed by atoms with van der Waals surface area (Å²) in [5.41, 5.74) is 4.16. The Balaban J connectivity index is 1.75. The van der Waals surface area contributed by atoms with Crippen LogP contribution in [0, 0.1) is 13.8 Å². The SMILES string of the molecule is CCc1ccc(NC(=O)[C@H](CC)n2c(C)c3cnn(-c4ccccc4)c(=O)c3c2C)cc1. The van der Waals surface area contributed by atoms with Gasteiger partial charge < -0.3 is 9.88 Å². The van der Waals surface area contributed by atoms with Crippen LogP contribution in [0.25, 0.3) is 16.5 Å². The maximum absolute atomic E-state index is 13.3. The van der Waals surface area contributed by atoms with Gasteiger partial charge in [-0.3, -0.25) is 9.59 Å². The molecule has 0 saturated heterocycles. The molecule has 6 heteroatoms. The van der Waals surface area contributed by atoms with Crippen LogP contribution in [0.15, 0.2) is 65.6 Å². The van der Waals surface area contributed by atoms with E-state index >= 15 is 0 Å². The Bertz CT molecular complexity index is 1320. The van der Waals surface area contributed by atoms with Crippen molar-refractivity contribution in [3.8, 4) is 5.69 Å². The smallest absolute Gasteiger partial charge is 0.281 e. The van der Waals surface area contributed by atoms with Gasteiger partial charge in [-0.1, -0.05) is 44.2 Å². The average Bonchev–Trinajstić information content (AvgIpc) is 3.06. The summed E-state index contributed by atoms with van der Waals surface area (Å²) in [5.74, 6) is -0.0976. The first-order valence-corrected chi connectivity index (χ1v) is 11.0. The second kappa shape index (κ2) is 8.83. The Morgan fingerprint density at radius 3 is 2.31 bits per heavy atom. The van der Waals surface area contributed by atoms with Crippen LogP contribution in [-0.2, 0) is 11.2 Å². The summed E-state index contributed by atoms with van der Waals surface area (Å²) in [6.07, 6.45) is 3.27. The van der Waals surface area contributed by atoms with Crippen molar-refractivity contribution in [2.24, 2.45) is 0 Å². The summed E-state index contributed by atoms with van der Waals surface area (Å²) in [4.78, 5) is 26.6. The minimum absolute atomic E-state index is 0.0976. The maximum atomic E-state index is 13.3. The molecule has 0 bridgehead atoms. The third-order valence-corrected chi connectivity index (χ3v) is 6.08. The van der Waals surface area contributed by atoms with Gasteiger partial charge in [-0.15, -0.1) is 0 Å². The van der Waals surface area contributed by atoms with Crippen molar-refractivity contribution >= 4 is 22.4 Å². The molecule has 0 aliphatic heterocycles. The normalized spacial score (nSPS) is 12.1. The molecule has 0 unspecified atom stereocenters. The zero-order valence-corrected chi connectivity index (χ0v) is 18.9. The highest BCUT2D eigenvalue weighted by molar-refractivity contribution is 5.95. The van der Waals surface area contributed by atoms with Gasteiger partial charge in [0, 0.05) is 22.5 Å². The second-order valence-corrected chi connectivity index (χ2v) is 7.99. The number of nitrogens with one attached hydrogen (secondary N) is 1. The van der Waals surface area contributed by atoms with Crippen LogP contribution in [0.1, 0.15) is 43.3 Å². The minimum Gasteiger partial charge on any atom is -0.335 e. The summed E-state index contributed by atoms with van der Waals surface area (Å²) >= 11 is 0. The Morgan fingerprint density at radius 1 is 1.00 bits per heavy atom. The lowest BCUT2D eigenvalue weighted by Gasteiger charge is -2.21. The van der Waals surface area contributed by atoms with Crippen molar-refractivity contribution in [1.29, 1.82) is 0 Å². The molecule has 0 aliphatic rings. The fourth-order valence-corrected chi connectivity index (χ4v) is 4.33. The number of hydrogen-bond donors (Lipinski definition) is 1. The molecule has 0 aliphatic carbocycles. The highest BCUT2D eigenvalue weighted by Crippen LogP contribution is 2.28. The second-order valence-electron chi connectivity index (χ2n) is 7.99. The molecule has 0 fully saturated rings. The van der Waals surface area contributed by atoms with Gasteiger partial charge in [-0.2, -0.15) is 9.78 Å². The quantitative estimate of drug-likeness (QED) is 0.472. The number of hydrogen-bond acceptors (Lipinski definition) is 3. The van der Waals surface area contributed by atoms with Crippen molar-refractivity contribution in [2.45, 2.75) is 46.6 Å². The van der Waals surface area contributed by atoms with Crippen LogP contribution in [0.3, 0.4) is 0 Å². The lowest BCUT2D eigenvalue weighted by molar-refractivity contribution is -0.119. The lowest BCUT2D eigenvalue weighted by Crippen LogP contribution is -2.27. The van der Waals surface area contributed by atoms with Crippen molar-refractivity contribution in [1.82, 2.24) is 14.3 Å². The van der Waals surface area contributed by atoms with E-state index in [0.717, 1.165) is 28.9 Å². The number of nitrogens with zero attached hydrogens (tertiary/aromatic N) is 3. The number of anilines is 1. The molecule has 2 aromatic carbocycles. The molecule has 6 nitrogen and oxygen atoms in total. The van der Waals surface area contributed by atoms with Gasteiger partial charge >= 0.3 is 0 Å². The van der Waals surface area contributed by atoms with Crippen molar-refractivity contribution < 1.29 is 4.79 Å². The van der Waals surface area contributed by atoms with Crippen LogP contribution in [0.5, 0.6) is 0 Å². The molecule has 2 heterocycles. The summed E-state index contributed by atoms with van der Waals surface area (Å²) in [5, 5.41) is 8.80. The molecule has 0 spiro atoms. The Kier molecular flexibility index (Phi) is 5.95. The van der Waals surface area contributed by atoms with Crippen LogP contribution in [-0.4, -0.2) is 20.3 Å². The zero-order valence-electron chi connectivity index (χ0n) is 18.9. The molecule has 1 N–H and O–H groups in total. The number of carbonyl (C=O) groups excluding carboxylic acids is 1. The van der Waals surface area contributed by atoms with E-state index in [0.29, 0.717) is 17.5 Å². The van der Waals surface area contributed by atoms with E-state index in [2.05, 4.69) is 17.3 Å². The van der Waals surface area contributed by atoms with E-state index in [-0.39, 0.29) is 11.5 Å². The fourth-order valence-electron chi connectivity index (χ4n) is 4.33. The molecule has 1 amide bonds. The first kappa shape index (κ1) is 21.6. The number of fused-ring (bicyclic) bond motifs is 1. The largest absolute Gasteiger partial charge is 0.335 e.